The number of pyridine rings is 1. The lowest BCUT2D eigenvalue weighted by molar-refractivity contribution is 0.100. The molecule has 0 saturated carbocycles. The summed E-state index contributed by atoms with van der Waals surface area (Å²) in [7, 11) is 0. The van der Waals surface area contributed by atoms with Gasteiger partial charge in [0, 0.05) is 30.2 Å². The summed E-state index contributed by atoms with van der Waals surface area (Å²) in [5, 5.41) is 6.08. The van der Waals surface area contributed by atoms with Gasteiger partial charge in [0.15, 0.2) is 0 Å². The molecule has 2 aromatic heterocycles. The summed E-state index contributed by atoms with van der Waals surface area (Å²) >= 11 is 0. The van der Waals surface area contributed by atoms with Crippen LogP contribution in [0.2, 0.25) is 0 Å². The molecule has 3 aromatic rings. The van der Waals surface area contributed by atoms with E-state index in [4.69, 9.17) is 5.73 Å². The molecule has 142 valence electrons. The highest BCUT2D eigenvalue weighted by Gasteiger charge is 2.29. The number of anilines is 3. The first kappa shape index (κ1) is 17.8. The Bertz CT molecular complexity index is 1040. The first-order chi connectivity index (χ1) is 13.5. The summed E-state index contributed by atoms with van der Waals surface area (Å²) in [4.78, 5) is 24.0. The molecule has 1 amide bonds. The lowest BCUT2D eigenvalue weighted by Crippen LogP contribution is -2.17. The summed E-state index contributed by atoms with van der Waals surface area (Å²) in [6.45, 7) is 0. The van der Waals surface area contributed by atoms with Crippen molar-refractivity contribution >= 4 is 23.2 Å². The van der Waals surface area contributed by atoms with Gasteiger partial charge >= 0.3 is 0 Å². The molecule has 9 heteroatoms. The number of rotatable bonds is 5. The maximum absolute atomic E-state index is 14.3. The van der Waals surface area contributed by atoms with Gasteiger partial charge in [0.25, 0.3) is 5.91 Å². The highest BCUT2D eigenvalue weighted by atomic mass is 19.1. The topological polar surface area (TPSA) is 106 Å². The second kappa shape index (κ2) is 7.18. The molecule has 0 bridgehead atoms. The molecule has 0 saturated heterocycles. The molecular weight excluding hydrogens is 366 g/mol. The molecule has 1 atom stereocenters. The van der Waals surface area contributed by atoms with Gasteiger partial charge < -0.3 is 16.4 Å². The summed E-state index contributed by atoms with van der Waals surface area (Å²) in [5.74, 6) is -0.744. The molecule has 1 unspecified atom stereocenters. The van der Waals surface area contributed by atoms with E-state index in [0.717, 1.165) is 12.1 Å². The Morgan fingerprint density at radius 3 is 2.68 bits per heavy atom. The second-order valence-corrected chi connectivity index (χ2v) is 6.35. The minimum absolute atomic E-state index is 0.148. The average molecular weight is 382 g/mol. The van der Waals surface area contributed by atoms with Gasteiger partial charge in [0.1, 0.15) is 23.3 Å². The summed E-state index contributed by atoms with van der Waals surface area (Å²) in [5.41, 5.74) is 6.59. The van der Waals surface area contributed by atoms with Gasteiger partial charge in [-0.1, -0.05) is 0 Å². The lowest BCUT2D eigenvalue weighted by atomic mass is 10.1. The molecule has 7 nitrogen and oxygen atoms in total. The van der Waals surface area contributed by atoms with Gasteiger partial charge in [-0.2, -0.15) is 0 Å². The zero-order chi connectivity index (χ0) is 19.7. The largest absolute Gasteiger partial charge is 0.377 e. The number of carbonyl (C=O) groups excluding carboxylic acids is 1. The smallest absolute Gasteiger partial charge is 0.252 e. The minimum Gasteiger partial charge on any atom is -0.377 e. The van der Waals surface area contributed by atoms with Crippen LogP contribution in [0.1, 0.15) is 33.9 Å². The van der Waals surface area contributed by atoms with Crippen LogP contribution in [-0.4, -0.2) is 20.9 Å². The van der Waals surface area contributed by atoms with Gasteiger partial charge in [-0.15, -0.1) is 0 Å². The van der Waals surface area contributed by atoms with E-state index >= 15 is 0 Å². The highest BCUT2D eigenvalue weighted by molar-refractivity contribution is 5.98. The third kappa shape index (κ3) is 3.34. The Morgan fingerprint density at radius 2 is 1.93 bits per heavy atom. The third-order valence-electron chi connectivity index (χ3n) is 4.60. The van der Waals surface area contributed by atoms with E-state index in [1.165, 1.54) is 24.8 Å². The molecule has 0 fully saturated rings. The van der Waals surface area contributed by atoms with E-state index in [2.05, 4.69) is 25.6 Å². The predicted molar refractivity (Wildman–Crippen MR) is 99.1 cm³/mol. The fourth-order valence-electron chi connectivity index (χ4n) is 3.34. The van der Waals surface area contributed by atoms with Crippen molar-refractivity contribution in [3.63, 3.8) is 0 Å². The molecule has 0 spiro atoms. The number of nitrogens with zero attached hydrogens (tertiary/aromatic N) is 3. The average Bonchev–Trinajstić information content (AvgIpc) is 3.11. The number of halogens is 2. The summed E-state index contributed by atoms with van der Waals surface area (Å²) < 4.78 is 28.3. The molecule has 0 aliphatic heterocycles. The number of hydrogen-bond acceptors (Lipinski definition) is 6. The van der Waals surface area contributed by atoms with Crippen molar-refractivity contribution in [3.05, 3.63) is 71.3 Å². The number of nitrogens with two attached hydrogens (primary N) is 1. The van der Waals surface area contributed by atoms with Crippen LogP contribution in [0.25, 0.3) is 0 Å². The Morgan fingerprint density at radius 1 is 1.11 bits per heavy atom. The van der Waals surface area contributed by atoms with Gasteiger partial charge in [0.05, 0.1) is 23.5 Å². The fraction of sp³-hybridized carbons (Fsp3) is 0.158. The number of fused-ring (bicyclic) bond motifs is 1. The Hall–Kier alpha value is -3.62. The maximum atomic E-state index is 14.3. The number of benzene rings is 1. The van der Waals surface area contributed by atoms with E-state index in [0.29, 0.717) is 35.7 Å². The van der Waals surface area contributed by atoms with E-state index in [9.17, 15) is 13.6 Å². The minimum atomic E-state index is -0.681. The van der Waals surface area contributed by atoms with Crippen LogP contribution in [-0.2, 0) is 6.42 Å². The zero-order valence-electron chi connectivity index (χ0n) is 14.6. The van der Waals surface area contributed by atoms with Crippen molar-refractivity contribution < 1.29 is 13.6 Å². The number of aromatic nitrogens is 3. The SMILES string of the molecule is NC(=O)c1cnc(Nc2cnccn2)cc1NC1CCc2c(F)ccc(F)c21. The van der Waals surface area contributed by atoms with Crippen LogP contribution in [0.3, 0.4) is 0 Å². The normalized spacial score (nSPS) is 15.1. The van der Waals surface area contributed by atoms with Crippen molar-refractivity contribution in [2.75, 3.05) is 10.6 Å². The van der Waals surface area contributed by atoms with Crippen LogP contribution in [0.15, 0.2) is 43.0 Å². The molecular formula is C19H16F2N6O. The number of hydrogen-bond donors (Lipinski definition) is 3. The molecule has 1 aromatic carbocycles. The van der Waals surface area contributed by atoms with Crippen LogP contribution >= 0.6 is 0 Å². The zero-order valence-corrected chi connectivity index (χ0v) is 14.6. The molecule has 1 aliphatic rings. The first-order valence-electron chi connectivity index (χ1n) is 8.59. The van der Waals surface area contributed by atoms with Crippen LogP contribution in [0.4, 0.5) is 26.1 Å². The predicted octanol–water partition coefficient (Wildman–Crippen LogP) is 3.09. The Kier molecular flexibility index (Phi) is 4.56. The maximum Gasteiger partial charge on any atom is 0.252 e. The standard InChI is InChI=1S/C19H16F2N6O/c20-12-2-3-13(21)18-10(12)1-4-14(18)26-15-7-16(25-8-11(15)19(22)28)27-17-9-23-5-6-24-17/h2-3,5-9,14H,1,4H2,(H2,22,28)(H2,24,25,26,27). The highest BCUT2D eigenvalue weighted by Crippen LogP contribution is 2.38. The number of amides is 1. The first-order valence-corrected chi connectivity index (χ1v) is 8.59. The van der Waals surface area contributed by atoms with Crippen LogP contribution in [0, 0.1) is 11.6 Å². The Balaban J connectivity index is 1.67. The molecule has 28 heavy (non-hydrogen) atoms. The molecule has 4 N–H and O–H groups in total. The van der Waals surface area contributed by atoms with Gasteiger partial charge in [-0.05, 0) is 30.5 Å². The van der Waals surface area contributed by atoms with E-state index in [1.54, 1.807) is 6.07 Å². The summed E-state index contributed by atoms with van der Waals surface area (Å²) in [6.07, 6.45) is 6.78. The van der Waals surface area contributed by atoms with Gasteiger partial charge in [-0.25, -0.2) is 18.7 Å². The van der Waals surface area contributed by atoms with E-state index in [1.807, 2.05) is 0 Å². The van der Waals surface area contributed by atoms with Crippen LogP contribution in [0.5, 0.6) is 0 Å². The molecule has 1 aliphatic carbocycles. The second-order valence-electron chi connectivity index (χ2n) is 6.35. The molecule has 2 heterocycles. The fourth-order valence-corrected chi connectivity index (χ4v) is 3.34. The van der Waals surface area contributed by atoms with Crippen molar-refractivity contribution in [2.45, 2.75) is 18.9 Å². The molecule has 4 rings (SSSR count). The van der Waals surface area contributed by atoms with Crippen molar-refractivity contribution in [2.24, 2.45) is 5.73 Å². The van der Waals surface area contributed by atoms with E-state index in [-0.39, 0.29) is 11.1 Å². The summed E-state index contributed by atoms with van der Waals surface area (Å²) in [6, 6.07) is 3.32. The molecule has 0 radical (unpaired) electrons. The third-order valence-corrected chi connectivity index (χ3v) is 4.60. The number of primary amides is 1. The van der Waals surface area contributed by atoms with Crippen molar-refractivity contribution in [1.82, 2.24) is 15.0 Å². The number of carbonyl (C=O) groups is 1. The van der Waals surface area contributed by atoms with Crippen LogP contribution < -0.4 is 16.4 Å². The lowest BCUT2D eigenvalue weighted by Gasteiger charge is -2.19. The van der Waals surface area contributed by atoms with Gasteiger partial charge in [0.2, 0.25) is 0 Å². The number of nitrogens with one attached hydrogen (secondary N) is 2. The Labute approximate surface area is 159 Å². The quantitative estimate of drug-likeness (QED) is 0.626. The van der Waals surface area contributed by atoms with Gasteiger partial charge in [-0.3, -0.25) is 9.78 Å². The van der Waals surface area contributed by atoms with Crippen molar-refractivity contribution in [1.29, 1.82) is 0 Å². The van der Waals surface area contributed by atoms with E-state index < -0.39 is 23.6 Å². The monoisotopic (exact) mass is 382 g/mol. The van der Waals surface area contributed by atoms with Crippen molar-refractivity contribution in [3.8, 4) is 0 Å².